The van der Waals surface area contributed by atoms with Crippen molar-refractivity contribution in [1.82, 2.24) is 9.55 Å². The molecule has 0 amide bonds. The van der Waals surface area contributed by atoms with Gasteiger partial charge < -0.3 is 15.0 Å². The number of aromatic nitrogens is 2. The minimum atomic E-state index is 0.362. The van der Waals surface area contributed by atoms with Gasteiger partial charge in [0.2, 0.25) is 0 Å². The van der Waals surface area contributed by atoms with Crippen LogP contribution in [-0.4, -0.2) is 22.2 Å². The van der Waals surface area contributed by atoms with Crippen LogP contribution in [0.5, 0.6) is 5.75 Å². The van der Waals surface area contributed by atoms with Crippen molar-refractivity contribution in [3.8, 4) is 17.1 Å². The molecule has 2 aromatic rings. The second kappa shape index (κ2) is 7.61. The molecule has 2 aliphatic rings. The molecule has 4 heteroatoms. The number of benzene rings is 1. The molecular formula is C21H29N3O. The molecule has 134 valence electrons. The van der Waals surface area contributed by atoms with E-state index in [1.54, 1.807) is 0 Å². The number of nitrogens with two attached hydrogens (primary N) is 1. The summed E-state index contributed by atoms with van der Waals surface area (Å²) in [5.74, 6) is 2.66. The standard InChI is InChI=1S/C21H29N3O/c22-15-16-6-5-7-17(14-16)24-13-12-23-21(24)19-10-3-4-11-20(19)25-18-8-1-2-9-18/h3-4,10-13,16-18H,1-2,5-9,14-15,22H2/t16-,17+/m0/s1. The van der Waals surface area contributed by atoms with E-state index in [-0.39, 0.29) is 0 Å². The Kier molecular flexibility index (Phi) is 5.07. The molecule has 0 bridgehead atoms. The largest absolute Gasteiger partial charge is 0.490 e. The van der Waals surface area contributed by atoms with Crippen molar-refractivity contribution in [2.24, 2.45) is 11.7 Å². The van der Waals surface area contributed by atoms with E-state index in [1.807, 2.05) is 6.20 Å². The quantitative estimate of drug-likeness (QED) is 0.868. The molecule has 4 nitrogen and oxygen atoms in total. The highest BCUT2D eigenvalue weighted by Crippen LogP contribution is 2.37. The van der Waals surface area contributed by atoms with Gasteiger partial charge in [-0.2, -0.15) is 0 Å². The molecule has 1 heterocycles. The molecule has 2 aliphatic carbocycles. The fourth-order valence-electron chi connectivity index (χ4n) is 4.49. The summed E-state index contributed by atoms with van der Waals surface area (Å²) in [4.78, 5) is 4.70. The van der Waals surface area contributed by atoms with Gasteiger partial charge in [0.15, 0.2) is 0 Å². The van der Waals surface area contributed by atoms with E-state index >= 15 is 0 Å². The van der Waals surface area contributed by atoms with Gasteiger partial charge in [0.05, 0.1) is 11.7 Å². The molecule has 0 radical (unpaired) electrons. The average molecular weight is 339 g/mol. The lowest BCUT2D eigenvalue weighted by Gasteiger charge is -2.30. The third-order valence-corrected chi connectivity index (χ3v) is 5.87. The number of ether oxygens (including phenoxy) is 1. The zero-order valence-electron chi connectivity index (χ0n) is 14.9. The lowest BCUT2D eigenvalue weighted by Crippen LogP contribution is -2.24. The summed E-state index contributed by atoms with van der Waals surface area (Å²) in [5, 5.41) is 0. The third-order valence-electron chi connectivity index (χ3n) is 5.87. The summed E-state index contributed by atoms with van der Waals surface area (Å²) in [5.41, 5.74) is 7.06. The minimum Gasteiger partial charge on any atom is -0.490 e. The van der Waals surface area contributed by atoms with Crippen LogP contribution < -0.4 is 10.5 Å². The van der Waals surface area contributed by atoms with Crippen molar-refractivity contribution >= 4 is 0 Å². The maximum absolute atomic E-state index is 6.34. The lowest BCUT2D eigenvalue weighted by molar-refractivity contribution is 0.210. The van der Waals surface area contributed by atoms with Gasteiger partial charge >= 0.3 is 0 Å². The van der Waals surface area contributed by atoms with Crippen molar-refractivity contribution in [3.05, 3.63) is 36.7 Å². The average Bonchev–Trinajstić information content (AvgIpc) is 3.34. The Morgan fingerprint density at radius 2 is 1.92 bits per heavy atom. The second-order valence-electron chi connectivity index (χ2n) is 7.60. The summed E-state index contributed by atoms with van der Waals surface area (Å²) < 4.78 is 8.70. The molecule has 4 rings (SSSR count). The van der Waals surface area contributed by atoms with Crippen LogP contribution in [-0.2, 0) is 0 Å². The van der Waals surface area contributed by atoms with Crippen LogP contribution in [0.3, 0.4) is 0 Å². The summed E-state index contributed by atoms with van der Waals surface area (Å²) in [7, 11) is 0. The zero-order chi connectivity index (χ0) is 17.1. The van der Waals surface area contributed by atoms with Crippen LogP contribution >= 0.6 is 0 Å². The molecule has 0 saturated heterocycles. The number of hydrogen-bond donors (Lipinski definition) is 1. The molecule has 2 fully saturated rings. The molecule has 0 aliphatic heterocycles. The maximum atomic E-state index is 6.34. The highest BCUT2D eigenvalue weighted by Gasteiger charge is 2.25. The van der Waals surface area contributed by atoms with Crippen LogP contribution in [0.2, 0.25) is 0 Å². The second-order valence-corrected chi connectivity index (χ2v) is 7.60. The van der Waals surface area contributed by atoms with Gasteiger partial charge in [0.25, 0.3) is 0 Å². The van der Waals surface area contributed by atoms with E-state index in [4.69, 9.17) is 15.5 Å². The fourth-order valence-corrected chi connectivity index (χ4v) is 4.49. The Hall–Kier alpha value is -1.81. The van der Waals surface area contributed by atoms with E-state index in [1.165, 1.54) is 44.9 Å². The van der Waals surface area contributed by atoms with Gasteiger partial charge in [-0.3, -0.25) is 0 Å². The lowest BCUT2D eigenvalue weighted by atomic mass is 9.85. The van der Waals surface area contributed by atoms with Crippen LogP contribution in [0.1, 0.15) is 57.4 Å². The highest BCUT2D eigenvalue weighted by molar-refractivity contribution is 5.64. The Morgan fingerprint density at radius 3 is 2.76 bits per heavy atom. The molecule has 0 spiro atoms. The molecule has 2 atom stereocenters. The monoisotopic (exact) mass is 339 g/mol. The zero-order valence-corrected chi connectivity index (χ0v) is 14.9. The Bertz CT molecular complexity index is 690. The van der Waals surface area contributed by atoms with E-state index in [9.17, 15) is 0 Å². The first kappa shape index (κ1) is 16.6. The fraction of sp³-hybridized carbons (Fsp3) is 0.571. The van der Waals surface area contributed by atoms with Gasteiger partial charge in [0.1, 0.15) is 11.6 Å². The van der Waals surface area contributed by atoms with Crippen LogP contribution in [0.25, 0.3) is 11.4 Å². The van der Waals surface area contributed by atoms with Crippen LogP contribution in [0.4, 0.5) is 0 Å². The molecular weight excluding hydrogens is 310 g/mol. The molecule has 2 saturated carbocycles. The highest BCUT2D eigenvalue weighted by atomic mass is 16.5. The summed E-state index contributed by atoms with van der Waals surface area (Å²) >= 11 is 0. The van der Waals surface area contributed by atoms with Crippen LogP contribution in [0.15, 0.2) is 36.7 Å². The Labute approximate surface area is 150 Å². The number of rotatable bonds is 5. The predicted molar refractivity (Wildman–Crippen MR) is 101 cm³/mol. The van der Waals surface area contributed by atoms with Crippen molar-refractivity contribution < 1.29 is 4.74 Å². The minimum absolute atomic E-state index is 0.362. The van der Waals surface area contributed by atoms with Gasteiger partial charge in [-0.1, -0.05) is 18.6 Å². The number of para-hydroxylation sites is 1. The Balaban J connectivity index is 1.61. The first-order chi connectivity index (χ1) is 12.3. The van der Waals surface area contributed by atoms with E-state index in [0.29, 0.717) is 18.1 Å². The molecule has 1 aromatic carbocycles. The van der Waals surface area contributed by atoms with E-state index in [2.05, 4.69) is 35.0 Å². The topological polar surface area (TPSA) is 53.1 Å². The van der Waals surface area contributed by atoms with Crippen molar-refractivity contribution in [2.45, 2.75) is 63.5 Å². The molecule has 2 N–H and O–H groups in total. The first-order valence-corrected chi connectivity index (χ1v) is 9.84. The summed E-state index contributed by atoms with van der Waals surface area (Å²) in [6.45, 7) is 0.794. The van der Waals surface area contributed by atoms with Crippen molar-refractivity contribution in [3.63, 3.8) is 0 Å². The van der Waals surface area contributed by atoms with Gasteiger partial charge in [0, 0.05) is 18.4 Å². The maximum Gasteiger partial charge on any atom is 0.143 e. The summed E-state index contributed by atoms with van der Waals surface area (Å²) in [6, 6.07) is 8.88. The van der Waals surface area contributed by atoms with Crippen molar-refractivity contribution in [2.75, 3.05) is 6.54 Å². The number of imidazole rings is 1. The first-order valence-electron chi connectivity index (χ1n) is 9.84. The normalized spacial score (nSPS) is 24.5. The number of hydrogen-bond acceptors (Lipinski definition) is 3. The Morgan fingerprint density at radius 1 is 1.08 bits per heavy atom. The molecule has 1 aromatic heterocycles. The SMILES string of the molecule is NC[C@H]1CCC[C@@H](n2ccnc2-c2ccccc2OC2CCCC2)C1. The van der Waals surface area contributed by atoms with Gasteiger partial charge in [-0.15, -0.1) is 0 Å². The predicted octanol–water partition coefficient (Wildman–Crippen LogP) is 4.56. The van der Waals surface area contributed by atoms with Crippen molar-refractivity contribution in [1.29, 1.82) is 0 Å². The van der Waals surface area contributed by atoms with Crippen LogP contribution in [0, 0.1) is 5.92 Å². The third kappa shape index (κ3) is 3.59. The summed E-state index contributed by atoms with van der Waals surface area (Å²) in [6.07, 6.45) is 14.2. The van der Waals surface area contributed by atoms with Gasteiger partial charge in [-0.05, 0) is 69.5 Å². The molecule has 0 unspecified atom stereocenters. The van der Waals surface area contributed by atoms with E-state index in [0.717, 1.165) is 30.1 Å². The van der Waals surface area contributed by atoms with E-state index < -0.39 is 0 Å². The molecule has 25 heavy (non-hydrogen) atoms. The number of nitrogens with zero attached hydrogens (tertiary/aromatic N) is 2. The van der Waals surface area contributed by atoms with Gasteiger partial charge in [-0.25, -0.2) is 4.98 Å². The smallest absolute Gasteiger partial charge is 0.143 e.